The summed E-state index contributed by atoms with van der Waals surface area (Å²) in [6, 6.07) is 12.1. The normalized spacial score (nSPS) is 26.8. The van der Waals surface area contributed by atoms with Gasteiger partial charge in [-0.25, -0.2) is 14.8 Å². The van der Waals surface area contributed by atoms with Crippen LogP contribution >= 0.6 is 0 Å². The zero-order valence-corrected chi connectivity index (χ0v) is 15.7. The Balaban J connectivity index is 1.42. The molecule has 1 amide bonds. The van der Waals surface area contributed by atoms with Crippen molar-refractivity contribution in [2.45, 2.75) is 31.3 Å². The molecular weight excluding hydrogens is 354 g/mol. The topological polar surface area (TPSA) is 85.3 Å². The van der Waals surface area contributed by atoms with Gasteiger partial charge in [-0.3, -0.25) is 4.90 Å². The number of hydrogen-bond donors (Lipinski definition) is 2. The molecular formula is C21H23N5O2. The number of benzene rings is 1. The number of likely N-dealkylation sites (tertiary alicyclic amines) is 1. The Morgan fingerprint density at radius 1 is 1.29 bits per heavy atom. The van der Waals surface area contributed by atoms with Gasteiger partial charge in [-0.05, 0) is 24.5 Å². The Morgan fingerprint density at radius 2 is 2.11 bits per heavy atom. The Hall–Kier alpha value is -3.09. The lowest BCUT2D eigenvalue weighted by Gasteiger charge is -2.60. The lowest BCUT2D eigenvalue weighted by atomic mass is 9.66. The molecule has 0 bridgehead atoms. The van der Waals surface area contributed by atoms with Crippen molar-refractivity contribution in [3.8, 4) is 0 Å². The van der Waals surface area contributed by atoms with Gasteiger partial charge in [-0.2, -0.15) is 0 Å². The molecule has 2 aliphatic heterocycles. The number of aromatic amines is 1. The summed E-state index contributed by atoms with van der Waals surface area (Å²) in [6.45, 7) is 3.66. The van der Waals surface area contributed by atoms with Gasteiger partial charge in [-0.15, -0.1) is 0 Å². The van der Waals surface area contributed by atoms with Crippen molar-refractivity contribution < 1.29 is 9.90 Å². The quantitative estimate of drug-likeness (QED) is 0.732. The van der Waals surface area contributed by atoms with Gasteiger partial charge in [-0.1, -0.05) is 37.3 Å². The van der Waals surface area contributed by atoms with Crippen molar-refractivity contribution >= 4 is 22.9 Å². The van der Waals surface area contributed by atoms with Crippen LogP contribution < -0.4 is 4.90 Å². The molecule has 1 spiro atoms. The number of nitrogens with zero attached hydrogens (tertiary/aromatic N) is 4. The maximum absolute atomic E-state index is 12.2. The fraction of sp³-hybridized carbons (Fsp3) is 0.381. The summed E-state index contributed by atoms with van der Waals surface area (Å²) in [5.41, 5.74) is 1.64. The van der Waals surface area contributed by atoms with Crippen LogP contribution in [0.25, 0.3) is 11.0 Å². The number of H-pyrrole nitrogens is 1. The summed E-state index contributed by atoms with van der Waals surface area (Å²) in [7, 11) is 0. The third kappa shape index (κ3) is 2.38. The molecule has 28 heavy (non-hydrogen) atoms. The zero-order valence-electron chi connectivity index (χ0n) is 15.7. The summed E-state index contributed by atoms with van der Waals surface area (Å²) >= 11 is 0. The molecule has 2 saturated heterocycles. The second kappa shape index (κ2) is 6.22. The molecule has 2 aliphatic rings. The molecule has 4 heterocycles. The van der Waals surface area contributed by atoms with Crippen LogP contribution in [0.5, 0.6) is 0 Å². The summed E-state index contributed by atoms with van der Waals surface area (Å²) < 4.78 is 0. The maximum atomic E-state index is 12.2. The summed E-state index contributed by atoms with van der Waals surface area (Å²) in [6.07, 6.45) is 4.18. The number of anilines is 1. The van der Waals surface area contributed by atoms with Crippen molar-refractivity contribution in [1.29, 1.82) is 0 Å². The van der Waals surface area contributed by atoms with Gasteiger partial charge in [0.05, 0.1) is 10.9 Å². The molecule has 1 unspecified atom stereocenters. The minimum absolute atomic E-state index is 0.0116. The molecule has 3 atom stereocenters. The molecule has 0 aliphatic carbocycles. The SMILES string of the molecule is C[C@H]1C(Cc2ccccc2)N(C(=O)O)[C@]12CCN(c1ncnc3[nH]ccc13)C2. The van der Waals surface area contributed by atoms with Gasteiger partial charge in [0.1, 0.15) is 17.8 Å². The zero-order chi connectivity index (χ0) is 19.3. The van der Waals surface area contributed by atoms with Crippen LogP contribution in [0.3, 0.4) is 0 Å². The van der Waals surface area contributed by atoms with Gasteiger partial charge < -0.3 is 15.0 Å². The molecule has 144 valence electrons. The molecule has 7 heteroatoms. The standard InChI is InChI=1S/C21H23N5O2/c1-14-17(11-15-5-3-2-4-6-15)26(20(27)28)21(14)8-10-25(12-21)19-16-7-9-22-18(16)23-13-24-19/h2-7,9,13-14,17H,8,10-12H2,1H3,(H,27,28)(H,22,23,24)/t14-,17?,21-/m0/s1. The molecule has 5 rings (SSSR count). The van der Waals surface area contributed by atoms with Crippen LogP contribution in [0.15, 0.2) is 48.9 Å². The average molecular weight is 377 g/mol. The van der Waals surface area contributed by atoms with E-state index >= 15 is 0 Å². The first-order chi connectivity index (χ1) is 13.6. The Morgan fingerprint density at radius 3 is 2.89 bits per heavy atom. The molecule has 1 aromatic carbocycles. The van der Waals surface area contributed by atoms with E-state index in [-0.39, 0.29) is 17.5 Å². The van der Waals surface area contributed by atoms with Crippen LogP contribution in [-0.4, -0.2) is 55.7 Å². The van der Waals surface area contributed by atoms with Crippen LogP contribution in [0.4, 0.5) is 10.6 Å². The van der Waals surface area contributed by atoms with Crippen molar-refractivity contribution in [2.24, 2.45) is 5.92 Å². The molecule has 0 radical (unpaired) electrons. The van der Waals surface area contributed by atoms with E-state index < -0.39 is 6.09 Å². The predicted octanol–water partition coefficient (Wildman–Crippen LogP) is 3.15. The first kappa shape index (κ1) is 17.0. The molecule has 3 aromatic rings. The fourth-order valence-electron chi connectivity index (χ4n) is 5.18. The predicted molar refractivity (Wildman–Crippen MR) is 106 cm³/mol. The highest BCUT2D eigenvalue weighted by Gasteiger charge is 2.62. The number of rotatable bonds is 3. The van der Waals surface area contributed by atoms with E-state index in [0.717, 1.165) is 36.2 Å². The lowest BCUT2D eigenvalue weighted by molar-refractivity contribution is -0.0942. The molecule has 7 nitrogen and oxygen atoms in total. The highest BCUT2D eigenvalue weighted by atomic mass is 16.4. The third-order valence-electron chi connectivity index (χ3n) is 6.64. The van der Waals surface area contributed by atoms with Gasteiger partial charge in [0.25, 0.3) is 0 Å². The number of fused-ring (bicyclic) bond motifs is 1. The number of carbonyl (C=O) groups is 1. The molecule has 0 saturated carbocycles. The highest BCUT2D eigenvalue weighted by Crippen LogP contribution is 2.50. The van der Waals surface area contributed by atoms with E-state index in [0.29, 0.717) is 6.54 Å². The fourth-order valence-corrected chi connectivity index (χ4v) is 5.18. The first-order valence-electron chi connectivity index (χ1n) is 9.69. The van der Waals surface area contributed by atoms with Gasteiger partial charge in [0.15, 0.2) is 0 Å². The van der Waals surface area contributed by atoms with E-state index in [1.54, 1.807) is 11.2 Å². The van der Waals surface area contributed by atoms with E-state index in [1.807, 2.05) is 30.5 Å². The monoisotopic (exact) mass is 377 g/mol. The van der Waals surface area contributed by atoms with Crippen LogP contribution in [0.2, 0.25) is 0 Å². The second-order valence-corrected chi connectivity index (χ2v) is 7.91. The number of aromatic nitrogens is 3. The minimum atomic E-state index is -0.824. The van der Waals surface area contributed by atoms with Crippen molar-refractivity contribution in [3.05, 3.63) is 54.5 Å². The Labute approximate surface area is 163 Å². The smallest absolute Gasteiger partial charge is 0.408 e. The third-order valence-corrected chi connectivity index (χ3v) is 6.64. The van der Waals surface area contributed by atoms with Crippen LogP contribution in [0.1, 0.15) is 18.9 Å². The number of carboxylic acid groups (broad SMARTS) is 1. The number of amides is 1. The lowest BCUT2D eigenvalue weighted by Crippen LogP contribution is -2.75. The number of hydrogen-bond acceptors (Lipinski definition) is 4. The largest absolute Gasteiger partial charge is 0.465 e. The highest BCUT2D eigenvalue weighted by molar-refractivity contribution is 5.87. The Kier molecular flexibility index (Phi) is 3.79. The summed E-state index contributed by atoms with van der Waals surface area (Å²) in [5, 5.41) is 11.0. The average Bonchev–Trinajstić information content (AvgIpc) is 3.36. The summed E-state index contributed by atoms with van der Waals surface area (Å²) in [4.78, 5) is 28.0. The number of nitrogens with one attached hydrogen (secondary N) is 1. The molecule has 2 N–H and O–H groups in total. The maximum Gasteiger partial charge on any atom is 0.408 e. The molecule has 2 fully saturated rings. The second-order valence-electron chi connectivity index (χ2n) is 7.91. The van der Waals surface area contributed by atoms with Gasteiger partial charge in [0, 0.05) is 31.2 Å². The van der Waals surface area contributed by atoms with Crippen molar-refractivity contribution in [2.75, 3.05) is 18.0 Å². The van der Waals surface area contributed by atoms with Crippen LogP contribution in [-0.2, 0) is 6.42 Å². The first-order valence-corrected chi connectivity index (χ1v) is 9.69. The van der Waals surface area contributed by atoms with Gasteiger partial charge >= 0.3 is 6.09 Å². The van der Waals surface area contributed by atoms with Gasteiger partial charge in [0.2, 0.25) is 0 Å². The molecule has 2 aromatic heterocycles. The van der Waals surface area contributed by atoms with E-state index in [9.17, 15) is 9.90 Å². The van der Waals surface area contributed by atoms with Crippen molar-refractivity contribution in [1.82, 2.24) is 19.9 Å². The van der Waals surface area contributed by atoms with Crippen molar-refractivity contribution in [3.63, 3.8) is 0 Å². The van der Waals surface area contributed by atoms with Crippen LogP contribution in [0, 0.1) is 5.92 Å². The van der Waals surface area contributed by atoms with E-state index in [1.165, 1.54) is 5.56 Å². The van der Waals surface area contributed by atoms with E-state index in [4.69, 9.17) is 0 Å². The van der Waals surface area contributed by atoms with E-state index in [2.05, 4.69) is 38.9 Å². The summed E-state index contributed by atoms with van der Waals surface area (Å²) in [5.74, 6) is 1.17. The Bertz CT molecular complexity index is 1020. The minimum Gasteiger partial charge on any atom is -0.465 e.